The van der Waals surface area contributed by atoms with Crippen LogP contribution in [-0.4, -0.2) is 35.6 Å². The second-order valence-electron chi connectivity index (χ2n) is 5.18. The lowest BCUT2D eigenvalue weighted by Gasteiger charge is -2.33. The van der Waals surface area contributed by atoms with Gasteiger partial charge >= 0.3 is 0 Å². The van der Waals surface area contributed by atoms with Gasteiger partial charge in [-0.25, -0.2) is 4.98 Å². The van der Waals surface area contributed by atoms with Crippen LogP contribution in [0.25, 0.3) is 10.6 Å². The lowest BCUT2D eigenvalue weighted by atomic mass is 10.2. The first-order chi connectivity index (χ1) is 9.72. The number of benzene rings is 1. The summed E-state index contributed by atoms with van der Waals surface area (Å²) < 4.78 is 1.10. The molecule has 21 heavy (non-hydrogen) atoms. The molecule has 1 saturated heterocycles. The highest BCUT2D eigenvalue weighted by atomic mass is 79.9. The Balaban J connectivity index is 0.00000161. The van der Waals surface area contributed by atoms with Crippen LogP contribution in [0, 0.1) is 0 Å². The first kappa shape index (κ1) is 16.9. The van der Waals surface area contributed by atoms with Crippen molar-refractivity contribution in [3.05, 3.63) is 39.8 Å². The van der Waals surface area contributed by atoms with Gasteiger partial charge < -0.3 is 5.32 Å². The third-order valence-electron chi connectivity index (χ3n) is 3.63. The fourth-order valence-corrected chi connectivity index (χ4v) is 3.67. The van der Waals surface area contributed by atoms with Crippen molar-refractivity contribution in [2.24, 2.45) is 0 Å². The molecule has 1 aromatic carbocycles. The number of aromatic nitrogens is 1. The van der Waals surface area contributed by atoms with Crippen LogP contribution < -0.4 is 5.32 Å². The van der Waals surface area contributed by atoms with E-state index in [9.17, 15) is 0 Å². The van der Waals surface area contributed by atoms with Crippen LogP contribution in [0.1, 0.15) is 12.6 Å². The minimum absolute atomic E-state index is 0. The molecule has 114 valence electrons. The van der Waals surface area contributed by atoms with E-state index < -0.39 is 0 Å². The number of nitrogens with zero attached hydrogens (tertiary/aromatic N) is 2. The van der Waals surface area contributed by atoms with Gasteiger partial charge in [-0.2, -0.15) is 0 Å². The maximum atomic E-state index is 4.79. The van der Waals surface area contributed by atoms with Crippen LogP contribution in [-0.2, 0) is 6.54 Å². The molecule has 6 heteroatoms. The molecule has 2 aromatic rings. The normalized spacial score (nSPS) is 19.2. The van der Waals surface area contributed by atoms with Crippen molar-refractivity contribution in [1.29, 1.82) is 0 Å². The molecule has 0 amide bonds. The summed E-state index contributed by atoms with van der Waals surface area (Å²) in [7, 11) is 0. The molecule has 0 bridgehead atoms. The molecule has 3 rings (SSSR count). The first-order valence-corrected chi connectivity index (χ1v) is 8.55. The van der Waals surface area contributed by atoms with E-state index in [2.05, 4.69) is 56.6 Å². The van der Waals surface area contributed by atoms with Crippen molar-refractivity contribution in [1.82, 2.24) is 15.2 Å². The summed E-state index contributed by atoms with van der Waals surface area (Å²) in [4.78, 5) is 7.28. The molecule has 1 atom stereocenters. The fraction of sp³-hybridized carbons (Fsp3) is 0.400. The van der Waals surface area contributed by atoms with Crippen molar-refractivity contribution in [3.63, 3.8) is 0 Å². The van der Waals surface area contributed by atoms with Crippen LogP contribution in [0.5, 0.6) is 0 Å². The number of hydrogen-bond acceptors (Lipinski definition) is 4. The van der Waals surface area contributed by atoms with Gasteiger partial charge in [-0.15, -0.1) is 23.7 Å². The Morgan fingerprint density at radius 2 is 2.33 bits per heavy atom. The van der Waals surface area contributed by atoms with E-state index in [1.807, 2.05) is 6.07 Å². The van der Waals surface area contributed by atoms with E-state index in [-0.39, 0.29) is 12.4 Å². The predicted molar refractivity (Wildman–Crippen MR) is 95.2 cm³/mol. The zero-order valence-electron chi connectivity index (χ0n) is 11.9. The van der Waals surface area contributed by atoms with E-state index in [1.54, 1.807) is 11.3 Å². The van der Waals surface area contributed by atoms with E-state index in [0.29, 0.717) is 6.04 Å². The minimum atomic E-state index is 0. The molecule has 1 aliphatic rings. The van der Waals surface area contributed by atoms with Crippen LogP contribution in [0.3, 0.4) is 0 Å². The predicted octanol–water partition coefficient (Wildman–Crippen LogP) is 3.79. The molecule has 0 saturated carbocycles. The molecule has 0 unspecified atom stereocenters. The smallest absolute Gasteiger partial charge is 0.123 e. The summed E-state index contributed by atoms with van der Waals surface area (Å²) in [5.74, 6) is 0. The van der Waals surface area contributed by atoms with E-state index in [1.165, 1.54) is 11.3 Å². The fourth-order valence-electron chi connectivity index (χ4n) is 2.46. The largest absolute Gasteiger partial charge is 0.314 e. The standard InChI is InChI=1S/C15H18BrN3S.ClH/c1-11-8-17-5-6-19(11)9-14-10-20-15(18-14)12-3-2-4-13(16)7-12;/h2-4,7,10-11,17H,5-6,8-9H2,1H3;1H/t11-;/m1./s1. The summed E-state index contributed by atoms with van der Waals surface area (Å²) in [6.07, 6.45) is 0. The van der Waals surface area contributed by atoms with Crippen molar-refractivity contribution in [2.75, 3.05) is 19.6 Å². The lowest BCUT2D eigenvalue weighted by Crippen LogP contribution is -2.49. The molecule has 0 spiro atoms. The second kappa shape index (κ2) is 7.70. The van der Waals surface area contributed by atoms with Crippen LogP contribution in [0.15, 0.2) is 34.1 Å². The third-order valence-corrected chi connectivity index (χ3v) is 5.06. The average Bonchev–Trinajstić information content (AvgIpc) is 2.90. The Morgan fingerprint density at radius 1 is 1.48 bits per heavy atom. The lowest BCUT2D eigenvalue weighted by molar-refractivity contribution is 0.164. The zero-order valence-corrected chi connectivity index (χ0v) is 15.1. The van der Waals surface area contributed by atoms with Crippen LogP contribution in [0.4, 0.5) is 0 Å². The highest BCUT2D eigenvalue weighted by Crippen LogP contribution is 2.26. The summed E-state index contributed by atoms with van der Waals surface area (Å²) in [5, 5.41) is 6.71. The van der Waals surface area contributed by atoms with Crippen molar-refractivity contribution < 1.29 is 0 Å². The number of halogens is 2. The molecule has 3 nitrogen and oxygen atoms in total. The number of nitrogens with one attached hydrogen (secondary N) is 1. The van der Waals surface area contributed by atoms with Crippen LogP contribution >= 0.6 is 39.7 Å². The summed E-state index contributed by atoms with van der Waals surface area (Å²) in [6, 6.07) is 8.91. The van der Waals surface area contributed by atoms with Gasteiger partial charge in [0.1, 0.15) is 5.01 Å². The SMILES string of the molecule is C[C@@H]1CNCCN1Cc1csc(-c2cccc(Br)c2)n1.Cl. The van der Waals surface area contributed by atoms with Gasteiger partial charge in [-0.3, -0.25) is 4.90 Å². The summed E-state index contributed by atoms with van der Waals surface area (Å²) >= 11 is 5.24. The number of thiazole rings is 1. The number of rotatable bonds is 3. The van der Waals surface area contributed by atoms with E-state index in [0.717, 1.165) is 35.7 Å². The first-order valence-electron chi connectivity index (χ1n) is 6.87. The van der Waals surface area contributed by atoms with E-state index in [4.69, 9.17) is 4.98 Å². The molecule has 1 aliphatic heterocycles. The Bertz CT molecular complexity index is 590. The summed E-state index contributed by atoms with van der Waals surface area (Å²) in [5.41, 5.74) is 2.36. The van der Waals surface area contributed by atoms with Crippen molar-refractivity contribution in [3.8, 4) is 10.6 Å². The van der Waals surface area contributed by atoms with E-state index >= 15 is 0 Å². The second-order valence-corrected chi connectivity index (χ2v) is 6.95. The van der Waals surface area contributed by atoms with Gasteiger partial charge in [0.25, 0.3) is 0 Å². The van der Waals surface area contributed by atoms with Gasteiger partial charge in [0.15, 0.2) is 0 Å². The number of hydrogen-bond donors (Lipinski definition) is 1. The molecule has 0 radical (unpaired) electrons. The molecule has 0 aliphatic carbocycles. The Labute approximate surface area is 144 Å². The third kappa shape index (κ3) is 4.27. The van der Waals surface area contributed by atoms with Gasteiger partial charge in [0, 0.05) is 47.6 Å². The highest BCUT2D eigenvalue weighted by Gasteiger charge is 2.18. The van der Waals surface area contributed by atoms with Crippen molar-refractivity contribution in [2.45, 2.75) is 19.5 Å². The zero-order chi connectivity index (χ0) is 13.9. The van der Waals surface area contributed by atoms with Gasteiger partial charge in [0.2, 0.25) is 0 Å². The Morgan fingerprint density at radius 3 is 3.10 bits per heavy atom. The monoisotopic (exact) mass is 387 g/mol. The maximum Gasteiger partial charge on any atom is 0.123 e. The molecule has 2 heterocycles. The minimum Gasteiger partial charge on any atom is -0.314 e. The topological polar surface area (TPSA) is 28.2 Å². The van der Waals surface area contributed by atoms with Gasteiger partial charge in [-0.05, 0) is 19.1 Å². The molecular formula is C15H19BrClN3S. The molecule has 1 fully saturated rings. The molecule has 1 N–H and O–H groups in total. The highest BCUT2D eigenvalue weighted by molar-refractivity contribution is 9.10. The van der Waals surface area contributed by atoms with Gasteiger partial charge in [0.05, 0.1) is 5.69 Å². The Kier molecular flexibility index (Phi) is 6.20. The van der Waals surface area contributed by atoms with Crippen LogP contribution in [0.2, 0.25) is 0 Å². The quantitative estimate of drug-likeness (QED) is 0.867. The Hall–Kier alpha value is -0.460. The number of piperazine rings is 1. The summed E-state index contributed by atoms with van der Waals surface area (Å²) in [6.45, 7) is 6.47. The molecule has 1 aromatic heterocycles. The van der Waals surface area contributed by atoms with Crippen molar-refractivity contribution >= 4 is 39.7 Å². The maximum absolute atomic E-state index is 4.79. The van der Waals surface area contributed by atoms with Gasteiger partial charge in [-0.1, -0.05) is 28.1 Å². The molecular weight excluding hydrogens is 370 g/mol. The average molecular weight is 389 g/mol.